The molecular formula is C35H34N2O3. The molecule has 1 atom stereocenters. The van der Waals surface area contributed by atoms with E-state index in [0.717, 1.165) is 58.5 Å². The van der Waals surface area contributed by atoms with Crippen molar-refractivity contribution in [3.05, 3.63) is 137 Å². The highest BCUT2D eigenvalue weighted by atomic mass is 16.5. The van der Waals surface area contributed by atoms with Crippen LogP contribution in [0.5, 0.6) is 5.75 Å². The van der Waals surface area contributed by atoms with Gasteiger partial charge in [-0.05, 0) is 60.8 Å². The van der Waals surface area contributed by atoms with Gasteiger partial charge in [0.05, 0.1) is 0 Å². The van der Waals surface area contributed by atoms with Crippen LogP contribution in [-0.4, -0.2) is 40.2 Å². The van der Waals surface area contributed by atoms with E-state index in [4.69, 9.17) is 4.74 Å². The fourth-order valence-corrected chi connectivity index (χ4v) is 6.00. The second kappa shape index (κ2) is 11.8. The van der Waals surface area contributed by atoms with E-state index in [-0.39, 0.29) is 5.92 Å². The minimum atomic E-state index is -0.892. The number of aromatic nitrogens is 1. The van der Waals surface area contributed by atoms with Gasteiger partial charge in [0.25, 0.3) is 0 Å². The Kier molecular flexibility index (Phi) is 7.64. The van der Waals surface area contributed by atoms with Crippen LogP contribution in [0.25, 0.3) is 10.9 Å². The summed E-state index contributed by atoms with van der Waals surface area (Å²) < 4.78 is 8.08. The molecule has 0 aliphatic carbocycles. The van der Waals surface area contributed by atoms with Crippen LogP contribution in [0.1, 0.15) is 51.5 Å². The Balaban J connectivity index is 1.42. The average molecular weight is 531 g/mol. The number of carboxylic acid groups (broad SMARTS) is 1. The molecule has 2 heterocycles. The number of nitrogens with zero attached hydrogens (tertiary/aromatic N) is 2. The number of benzene rings is 4. The van der Waals surface area contributed by atoms with E-state index in [9.17, 15) is 9.90 Å². The molecule has 1 N–H and O–H groups in total. The van der Waals surface area contributed by atoms with Crippen LogP contribution in [0.3, 0.4) is 0 Å². The molecule has 0 radical (unpaired) electrons. The predicted molar refractivity (Wildman–Crippen MR) is 159 cm³/mol. The summed E-state index contributed by atoms with van der Waals surface area (Å²) >= 11 is 0. The summed E-state index contributed by atoms with van der Waals surface area (Å²) in [5.74, 6) is -0.351. The lowest BCUT2D eigenvalue weighted by Gasteiger charge is -2.21. The minimum Gasteiger partial charge on any atom is -0.489 e. The molecule has 1 aliphatic rings. The smallest absolute Gasteiger partial charge is 0.352 e. The standard InChI is InChI=1S/C35H34N2O3/c38-35(39)34-33(30-15-7-8-16-31(30)37(34)24-23-36-21-9-10-22-36)32(27-13-5-2-6-14-27)28-17-19-29(20-18-28)40-25-26-11-3-1-4-12-26/h1-8,11-20,32H,9-10,21-25H2,(H,38,39). The average Bonchev–Trinajstić information content (AvgIpc) is 3.63. The summed E-state index contributed by atoms with van der Waals surface area (Å²) in [6.45, 7) is 4.16. The predicted octanol–water partition coefficient (Wildman–Crippen LogP) is 7.19. The van der Waals surface area contributed by atoms with Crippen molar-refractivity contribution in [2.75, 3.05) is 19.6 Å². The molecular weight excluding hydrogens is 496 g/mol. The molecule has 1 unspecified atom stereocenters. The summed E-state index contributed by atoms with van der Waals surface area (Å²) in [6, 6.07) is 36.6. The highest BCUT2D eigenvalue weighted by Crippen LogP contribution is 2.40. The van der Waals surface area contributed by atoms with Gasteiger partial charge in [-0.1, -0.05) is 91.0 Å². The Bertz CT molecular complexity index is 1570. The van der Waals surface area contributed by atoms with E-state index in [1.54, 1.807) is 0 Å². The van der Waals surface area contributed by atoms with Crippen molar-refractivity contribution in [2.45, 2.75) is 31.9 Å². The minimum absolute atomic E-state index is 0.242. The molecule has 1 aliphatic heterocycles. The Morgan fingerprint density at radius 3 is 2.08 bits per heavy atom. The van der Waals surface area contributed by atoms with Crippen LogP contribution in [0.2, 0.25) is 0 Å². The molecule has 40 heavy (non-hydrogen) atoms. The third-order valence-electron chi connectivity index (χ3n) is 7.93. The van der Waals surface area contributed by atoms with E-state index in [1.165, 1.54) is 12.8 Å². The van der Waals surface area contributed by atoms with Gasteiger partial charge in [-0.15, -0.1) is 0 Å². The third-order valence-corrected chi connectivity index (χ3v) is 7.93. The lowest BCUT2D eigenvalue weighted by molar-refractivity contribution is 0.0683. The molecule has 0 spiro atoms. The van der Waals surface area contributed by atoms with Crippen LogP contribution in [0.15, 0.2) is 109 Å². The Morgan fingerprint density at radius 1 is 0.750 bits per heavy atom. The molecule has 1 fully saturated rings. The van der Waals surface area contributed by atoms with Gasteiger partial charge in [0.2, 0.25) is 0 Å². The van der Waals surface area contributed by atoms with Crippen molar-refractivity contribution in [3.63, 3.8) is 0 Å². The number of carboxylic acids is 1. The number of para-hydroxylation sites is 1. The Hall–Kier alpha value is -4.35. The molecule has 202 valence electrons. The number of hydrogen-bond donors (Lipinski definition) is 1. The molecule has 5 nitrogen and oxygen atoms in total. The maximum atomic E-state index is 13.0. The molecule has 5 heteroatoms. The van der Waals surface area contributed by atoms with Crippen molar-refractivity contribution in [2.24, 2.45) is 0 Å². The Morgan fingerprint density at radius 2 is 1.38 bits per heavy atom. The quantitative estimate of drug-likeness (QED) is 0.208. The monoisotopic (exact) mass is 530 g/mol. The lowest BCUT2D eigenvalue weighted by atomic mass is 9.83. The van der Waals surface area contributed by atoms with E-state index in [2.05, 4.69) is 41.3 Å². The zero-order valence-electron chi connectivity index (χ0n) is 22.6. The number of carbonyl (C=O) groups is 1. The number of rotatable bonds is 10. The van der Waals surface area contributed by atoms with Gasteiger partial charge in [-0.25, -0.2) is 4.79 Å². The van der Waals surface area contributed by atoms with Gasteiger partial charge < -0.3 is 19.3 Å². The molecule has 6 rings (SSSR count). The van der Waals surface area contributed by atoms with Crippen LogP contribution >= 0.6 is 0 Å². The Labute approximate surface area is 235 Å². The number of aromatic carboxylic acids is 1. The molecule has 5 aromatic rings. The van der Waals surface area contributed by atoms with Crippen LogP contribution in [-0.2, 0) is 13.2 Å². The molecule has 4 aromatic carbocycles. The summed E-state index contributed by atoms with van der Waals surface area (Å²) in [7, 11) is 0. The molecule has 1 saturated heterocycles. The number of ether oxygens (including phenoxy) is 1. The normalized spacial score (nSPS) is 14.4. The first-order valence-corrected chi connectivity index (χ1v) is 14.1. The molecule has 0 amide bonds. The van der Waals surface area contributed by atoms with Crippen molar-refractivity contribution in [3.8, 4) is 5.75 Å². The first-order chi connectivity index (χ1) is 19.7. The van der Waals surface area contributed by atoms with Crippen molar-refractivity contribution < 1.29 is 14.6 Å². The zero-order chi connectivity index (χ0) is 27.3. The highest BCUT2D eigenvalue weighted by Gasteiger charge is 2.30. The summed E-state index contributed by atoms with van der Waals surface area (Å²) in [6.07, 6.45) is 2.43. The number of fused-ring (bicyclic) bond motifs is 1. The number of likely N-dealkylation sites (tertiary alicyclic amines) is 1. The van der Waals surface area contributed by atoms with Crippen molar-refractivity contribution in [1.82, 2.24) is 9.47 Å². The van der Waals surface area contributed by atoms with E-state index in [0.29, 0.717) is 18.8 Å². The molecule has 0 bridgehead atoms. The van der Waals surface area contributed by atoms with Gasteiger partial charge in [0.15, 0.2) is 0 Å². The SMILES string of the molecule is O=C(O)c1c(C(c2ccccc2)c2ccc(OCc3ccccc3)cc2)c2ccccc2n1CCN1CCCC1. The van der Waals surface area contributed by atoms with Crippen LogP contribution in [0.4, 0.5) is 0 Å². The van der Waals surface area contributed by atoms with E-state index < -0.39 is 5.97 Å². The van der Waals surface area contributed by atoms with E-state index in [1.807, 2.05) is 77.4 Å². The zero-order valence-corrected chi connectivity index (χ0v) is 22.6. The van der Waals surface area contributed by atoms with Gasteiger partial charge in [0.1, 0.15) is 18.1 Å². The first-order valence-electron chi connectivity index (χ1n) is 14.1. The van der Waals surface area contributed by atoms with Gasteiger partial charge in [0, 0.05) is 35.5 Å². The topological polar surface area (TPSA) is 54.7 Å². The van der Waals surface area contributed by atoms with Crippen molar-refractivity contribution in [1.29, 1.82) is 0 Å². The van der Waals surface area contributed by atoms with Gasteiger partial charge in [-0.2, -0.15) is 0 Å². The van der Waals surface area contributed by atoms with Crippen LogP contribution < -0.4 is 4.74 Å². The maximum absolute atomic E-state index is 13.0. The second-order valence-electron chi connectivity index (χ2n) is 10.5. The summed E-state index contributed by atoms with van der Waals surface area (Å²) in [5, 5.41) is 11.6. The highest BCUT2D eigenvalue weighted by molar-refractivity contribution is 5.99. The molecule has 1 aromatic heterocycles. The van der Waals surface area contributed by atoms with Crippen molar-refractivity contribution >= 4 is 16.9 Å². The third kappa shape index (κ3) is 5.38. The summed E-state index contributed by atoms with van der Waals surface area (Å²) in [5.41, 5.74) is 5.39. The van der Waals surface area contributed by atoms with Gasteiger partial charge >= 0.3 is 5.97 Å². The second-order valence-corrected chi connectivity index (χ2v) is 10.5. The lowest BCUT2D eigenvalue weighted by Crippen LogP contribution is -2.25. The largest absolute Gasteiger partial charge is 0.489 e. The number of hydrogen-bond acceptors (Lipinski definition) is 3. The fourth-order valence-electron chi connectivity index (χ4n) is 6.00. The summed E-state index contributed by atoms with van der Waals surface area (Å²) in [4.78, 5) is 15.4. The van der Waals surface area contributed by atoms with Crippen LogP contribution in [0, 0.1) is 0 Å². The fraction of sp³-hybridized carbons (Fsp3) is 0.229. The van der Waals surface area contributed by atoms with Gasteiger partial charge in [-0.3, -0.25) is 0 Å². The molecule has 0 saturated carbocycles. The van der Waals surface area contributed by atoms with E-state index >= 15 is 0 Å². The first kappa shape index (κ1) is 25.9. The maximum Gasteiger partial charge on any atom is 0.352 e.